The number of carbonyl (C=O) groups is 1. The Hall–Kier alpha value is -2.21. The Labute approximate surface area is 167 Å². The van der Waals surface area contributed by atoms with E-state index in [1.54, 1.807) is 11.0 Å². The molecule has 0 radical (unpaired) electrons. The molecule has 1 aliphatic carbocycles. The highest BCUT2D eigenvalue weighted by molar-refractivity contribution is 5.79. The third-order valence-corrected chi connectivity index (χ3v) is 6.30. The van der Waals surface area contributed by atoms with Crippen LogP contribution >= 0.6 is 0 Å². The Bertz CT molecular complexity index is 762. The molecule has 0 bridgehead atoms. The van der Waals surface area contributed by atoms with Gasteiger partial charge in [-0.05, 0) is 50.8 Å². The molecule has 1 saturated carbocycles. The van der Waals surface area contributed by atoms with Gasteiger partial charge in [0.1, 0.15) is 6.33 Å². The van der Waals surface area contributed by atoms with Crippen molar-refractivity contribution in [1.29, 1.82) is 0 Å². The van der Waals surface area contributed by atoms with Crippen molar-refractivity contribution in [3.8, 4) is 0 Å². The molecule has 1 atom stereocenters. The fourth-order valence-electron chi connectivity index (χ4n) is 4.24. The topological polar surface area (TPSA) is 63.1 Å². The summed E-state index contributed by atoms with van der Waals surface area (Å²) in [6, 6.07) is 10.5. The van der Waals surface area contributed by atoms with Gasteiger partial charge >= 0.3 is 0 Å². The number of piperidine rings is 1. The van der Waals surface area contributed by atoms with Crippen LogP contribution in [0.2, 0.25) is 0 Å². The predicted octanol–water partition coefficient (Wildman–Crippen LogP) is 3.04. The van der Waals surface area contributed by atoms with Crippen LogP contribution in [0.4, 0.5) is 0 Å². The maximum Gasteiger partial charge on any atom is 0.223 e. The van der Waals surface area contributed by atoms with E-state index in [1.165, 1.54) is 12.0 Å². The average molecular weight is 382 g/mol. The van der Waals surface area contributed by atoms with Crippen molar-refractivity contribution in [2.24, 2.45) is 13.0 Å². The lowest BCUT2D eigenvalue weighted by molar-refractivity contribution is -0.128. The Kier molecular flexibility index (Phi) is 6.05. The zero-order chi connectivity index (χ0) is 19.3. The number of aromatic nitrogens is 3. The number of aryl methyl sites for hydroxylation is 1. The number of hydrogen-bond acceptors (Lipinski definition) is 4. The molecule has 6 heteroatoms. The van der Waals surface area contributed by atoms with Crippen LogP contribution in [-0.2, 0) is 11.8 Å². The second-order valence-electron chi connectivity index (χ2n) is 8.28. The lowest BCUT2D eigenvalue weighted by Gasteiger charge is -2.33. The number of hydrogen-bond donors (Lipinski definition) is 1. The van der Waals surface area contributed by atoms with Gasteiger partial charge in [0.15, 0.2) is 5.82 Å². The number of likely N-dealkylation sites (tertiary alicyclic amines) is 1. The zero-order valence-corrected chi connectivity index (χ0v) is 16.8. The second kappa shape index (κ2) is 8.86. The van der Waals surface area contributed by atoms with E-state index in [0.29, 0.717) is 5.92 Å². The largest absolute Gasteiger partial charge is 0.349 e. The molecule has 4 rings (SSSR count). The van der Waals surface area contributed by atoms with Gasteiger partial charge < -0.3 is 10.2 Å². The number of carbonyl (C=O) groups excluding carboxylic acids is 1. The average Bonchev–Trinajstić information content (AvgIpc) is 3.11. The Morgan fingerprint density at radius 3 is 2.54 bits per heavy atom. The van der Waals surface area contributed by atoms with Crippen LogP contribution in [-0.4, -0.2) is 45.2 Å². The summed E-state index contributed by atoms with van der Waals surface area (Å²) in [5, 5.41) is 7.80. The number of nitrogens with one attached hydrogen (secondary N) is 1. The molecule has 2 aromatic rings. The molecule has 28 heavy (non-hydrogen) atoms. The summed E-state index contributed by atoms with van der Waals surface area (Å²) >= 11 is 0. The number of rotatable bonds is 7. The molecule has 1 saturated heterocycles. The van der Waals surface area contributed by atoms with Gasteiger partial charge in [0.05, 0.1) is 6.04 Å². The first-order chi connectivity index (χ1) is 13.7. The van der Waals surface area contributed by atoms with Gasteiger partial charge in [0.2, 0.25) is 5.91 Å². The number of benzene rings is 1. The highest BCUT2D eigenvalue weighted by Crippen LogP contribution is 2.29. The summed E-state index contributed by atoms with van der Waals surface area (Å²) in [6.45, 7) is 3.15. The van der Waals surface area contributed by atoms with Gasteiger partial charge in [0.25, 0.3) is 0 Å². The van der Waals surface area contributed by atoms with Crippen LogP contribution < -0.4 is 5.32 Å². The van der Waals surface area contributed by atoms with E-state index < -0.39 is 0 Å². The smallest absolute Gasteiger partial charge is 0.223 e. The number of nitrogens with zero attached hydrogens (tertiary/aromatic N) is 4. The van der Waals surface area contributed by atoms with Gasteiger partial charge in [-0.25, -0.2) is 4.98 Å². The summed E-state index contributed by atoms with van der Waals surface area (Å²) in [5.74, 6) is 1.92. The van der Waals surface area contributed by atoms with E-state index in [2.05, 4.69) is 44.6 Å². The van der Waals surface area contributed by atoms with E-state index in [0.717, 1.165) is 57.6 Å². The van der Waals surface area contributed by atoms with Crippen LogP contribution in [0.1, 0.15) is 61.9 Å². The minimum atomic E-state index is 0.101. The van der Waals surface area contributed by atoms with Crippen molar-refractivity contribution in [3.63, 3.8) is 0 Å². The molecule has 150 valence electrons. The van der Waals surface area contributed by atoms with Crippen LogP contribution in [0.3, 0.4) is 0 Å². The summed E-state index contributed by atoms with van der Waals surface area (Å²) in [5.41, 5.74) is 1.21. The van der Waals surface area contributed by atoms with Crippen molar-refractivity contribution in [2.45, 2.75) is 50.5 Å². The van der Waals surface area contributed by atoms with Gasteiger partial charge in [0, 0.05) is 25.4 Å². The molecule has 1 aliphatic heterocycles. The Balaban J connectivity index is 1.31. The molecule has 6 nitrogen and oxygen atoms in total. The summed E-state index contributed by atoms with van der Waals surface area (Å²) in [7, 11) is 1.92. The van der Waals surface area contributed by atoms with E-state index in [1.807, 2.05) is 13.1 Å². The molecule has 1 unspecified atom stereocenters. The monoisotopic (exact) mass is 381 g/mol. The van der Waals surface area contributed by atoms with Crippen molar-refractivity contribution in [1.82, 2.24) is 25.0 Å². The summed E-state index contributed by atoms with van der Waals surface area (Å²) in [6.07, 6.45) is 8.23. The van der Waals surface area contributed by atoms with E-state index in [-0.39, 0.29) is 17.9 Å². The fraction of sp³-hybridized carbons (Fsp3) is 0.591. The predicted molar refractivity (Wildman–Crippen MR) is 109 cm³/mol. The lowest BCUT2D eigenvalue weighted by atomic mass is 9.84. The van der Waals surface area contributed by atoms with Crippen LogP contribution in [0.25, 0.3) is 0 Å². The Morgan fingerprint density at radius 2 is 1.93 bits per heavy atom. The van der Waals surface area contributed by atoms with Gasteiger partial charge in [-0.1, -0.05) is 36.8 Å². The molecular weight excluding hydrogens is 350 g/mol. The molecule has 1 N–H and O–H groups in total. The van der Waals surface area contributed by atoms with Crippen LogP contribution in [0.5, 0.6) is 0 Å². The maximum atomic E-state index is 12.5. The lowest BCUT2D eigenvalue weighted by Crippen LogP contribution is -2.39. The van der Waals surface area contributed by atoms with Crippen molar-refractivity contribution >= 4 is 5.91 Å². The first-order valence-corrected chi connectivity index (χ1v) is 10.6. The maximum absolute atomic E-state index is 12.5. The van der Waals surface area contributed by atoms with Crippen LogP contribution in [0.15, 0.2) is 36.7 Å². The number of amides is 1. The first kappa shape index (κ1) is 19.1. The van der Waals surface area contributed by atoms with Crippen LogP contribution in [0, 0.1) is 5.92 Å². The third kappa shape index (κ3) is 4.61. The molecule has 1 amide bonds. The molecule has 0 spiro atoms. The highest BCUT2D eigenvalue weighted by atomic mass is 16.2. The van der Waals surface area contributed by atoms with E-state index >= 15 is 0 Å². The molecule has 2 fully saturated rings. The first-order valence-electron chi connectivity index (χ1n) is 10.6. The minimum absolute atomic E-state index is 0.101. The standard InChI is InChI=1S/C22H31N5O/c1-26-16-23-21(25-26)18-10-13-27(14-11-18)15-12-20(17-6-3-2-4-7-17)24-22(28)19-8-5-9-19/h2-4,6-7,16,18-20H,5,8-15H2,1H3,(H,24,28). The van der Waals surface area contributed by atoms with E-state index in [9.17, 15) is 4.79 Å². The summed E-state index contributed by atoms with van der Waals surface area (Å²) < 4.78 is 1.79. The Morgan fingerprint density at radius 1 is 1.18 bits per heavy atom. The quantitative estimate of drug-likeness (QED) is 0.801. The molecule has 2 heterocycles. The fourth-order valence-corrected chi connectivity index (χ4v) is 4.24. The molecule has 1 aromatic heterocycles. The van der Waals surface area contributed by atoms with E-state index in [4.69, 9.17) is 0 Å². The normalized spacial score (nSPS) is 19.9. The van der Waals surface area contributed by atoms with Gasteiger partial charge in [-0.3, -0.25) is 9.48 Å². The van der Waals surface area contributed by atoms with Gasteiger partial charge in [-0.15, -0.1) is 0 Å². The zero-order valence-electron chi connectivity index (χ0n) is 16.8. The molecule has 1 aromatic carbocycles. The van der Waals surface area contributed by atoms with Crippen molar-refractivity contribution in [2.75, 3.05) is 19.6 Å². The van der Waals surface area contributed by atoms with Gasteiger partial charge in [-0.2, -0.15) is 5.10 Å². The van der Waals surface area contributed by atoms with Crippen molar-refractivity contribution < 1.29 is 4.79 Å². The SMILES string of the molecule is Cn1cnc(C2CCN(CCC(NC(=O)C3CCC3)c3ccccc3)CC2)n1. The van der Waals surface area contributed by atoms with Crippen molar-refractivity contribution in [3.05, 3.63) is 48.0 Å². The third-order valence-electron chi connectivity index (χ3n) is 6.30. The second-order valence-corrected chi connectivity index (χ2v) is 8.28. The summed E-state index contributed by atoms with van der Waals surface area (Å²) in [4.78, 5) is 19.5. The molecular formula is C22H31N5O. The minimum Gasteiger partial charge on any atom is -0.349 e. The molecule has 2 aliphatic rings. The highest BCUT2D eigenvalue weighted by Gasteiger charge is 2.28.